The molecule has 8 nitrogen and oxygen atoms in total. The van der Waals surface area contributed by atoms with Gasteiger partial charge in [0.05, 0.1) is 7.11 Å². The van der Waals surface area contributed by atoms with E-state index in [1.807, 2.05) is 24.4 Å². The highest BCUT2D eigenvalue weighted by atomic mass is 16.5. The molecule has 0 aliphatic carbocycles. The highest BCUT2D eigenvalue weighted by Gasteiger charge is 2.26. The molecule has 2 aliphatic heterocycles. The standard InChI is InChI=1S/C27H30N6O2/c1-34-22-7-5-6-19-8-11-24(29-25(19)22)33-16-12-20(13-17-33)27-30-26(31-35-27)21-9-10-23(28-18-21)32-14-3-2-4-15-32/h5-11,18,20H,2-4,12-17H2,1H3. The number of hydrogen-bond acceptors (Lipinski definition) is 8. The maximum absolute atomic E-state index is 5.68. The molecule has 5 heterocycles. The summed E-state index contributed by atoms with van der Waals surface area (Å²) in [5.74, 6) is 4.39. The molecule has 8 heteroatoms. The molecule has 2 saturated heterocycles. The topological polar surface area (TPSA) is 80.4 Å². The lowest BCUT2D eigenvalue weighted by molar-refractivity contribution is 0.329. The van der Waals surface area contributed by atoms with E-state index in [0.717, 1.165) is 72.9 Å². The number of para-hydroxylation sites is 1. The van der Waals surface area contributed by atoms with E-state index in [1.165, 1.54) is 19.3 Å². The molecule has 180 valence electrons. The molecule has 0 spiro atoms. The zero-order valence-electron chi connectivity index (χ0n) is 20.1. The fourth-order valence-corrected chi connectivity index (χ4v) is 5.15. The van der Waals surface area contributed by atoms with Gasteiger partial charge in [0.2, 0.25) is 11.7 Å². The Hall–Kier alpha value is -3.68. The van der Waals surface area contributed by atoms with E-state index in [0.29, 0.717) is 11.7 Å². The number of rotatable bonds is 5. The second-order valence-electron chi connectivity index (χ2n) is 9.37. The van der Waals surface area contributed by atoms with E-state index in [1.54, 1.807) is 7.11 Å². The van der Waals surface area contributed by atoms with E-state index in [9.17, 15) is 0 Å². The number of nitrogens with zero attached hydrogens (tertiary/aromatic N) is 6. The van der Waals surface area contributed by atoms with Crippen LogP contribution in [0.3, 0.4) is 0 Å². The average molecular weight is 471 g/mol. The van der Waals surface area contributed by atoms with Crippen LogP contribution in [-0.2, 0) is 0 Å². The smallest absolute Gasteiger partial charge is 0.230 e. The van der Waals surface area contributed by atoms with Gasteiger partial charge in [-0.05, 0) is 62.4 Å². The Morgan fingerprint density at radius 3 is 2.43 bits per heavy atom. The highest BCUT2D eigenvalue weighted by molar-refractivity contribution is 5.86. The van der Waals surface area contributed by atoms with Crippen molar-refractivity contribution < 1.29 is 9.26 Å². The summed E-state index contributed by atoms with van der Waals surface area (Å²) in [6.07, 6.45) is 7.54. The maximum atomic E-state index is 5.68. The third-order valence-electron chi connectivity index (χ3n) is 7.18. The normalized spacial score (nSPS) is 17.2. The van der Waals surface area contributed by atoms with Gasteiger partial charge in [-0.1, -0.05) is 17.3 Å². The zero-order chi connectivity index (χ0) is 23.6. The lowest BCUT2D eigenvalue weighted by Gasteiger charge is -2.31. The molecule has 2 aliphatic rings. The van der Waals surface area contributed by atoms with Crippen molar-refractivity contribution in [2.75, 3.05) is 43.1 Å². The summed E-state index contributed by atoms with van der Waals surface area (Å²) in [4.78, 5) is 18.9. The van der Waals surface area contributed by atoms with Gasteiger partial charge in [-0.15, -0.1) is 0 Å². The summed E-state index contributed by atoms with van der Waals surface area (Å²) in [5.41, 5.74) is 1.79. The van der Waals surface area contributed by atoms with E-state index >= 15 is 0 Å². The Morgan fingerprint density at radius 2 is 1.66 bits per heavy atom. The molecule has 0 N–H and O–H groups in total. The van der Waals surface area contributed by atoms with E-state index in [4.69, 9.17) is 19.2 Å². The lowest BCUT2D eigenvalue weighted by Crippen LogP contribution is -2.33. The van der Waals surface area contributed by atoms with Gasteiger partial charge in [-0.2, -0.15) is 4.98 Å². The van der Waals surface area contributed by atoms with Gasteiger partial charge >= 0.3 is 0 Å². The van der Waals surface area contributed by atoms with Crippen molar-refractivity contribution in [1.29, 1.82) is 0 Å². The second-order valence-corrected chi connectivity index (χ2v) is 9.37. The van der Waals surface area contributed by atoms with Crippen LogP contribution >= 0.6 is 0 Å². The predicted molar refractivity (Wildman–Crippen MR) is 136 cm³/mol. The van der Waals surface area contributed by atoms with Crippen LogP contribution in [-0.4, -0.2) is 53.4 Å². The zero-order valence-corrected chi connectivity index (χ0v) is 20.1. The molecule has 0 radical (unpaired) electrons. The van der Waals surface area contributed by atoms with Crippen molar-refractivity contribution in [2.45, 2.75) is 38.0 Å². The first-order valence-corrected chi connectivity index (χ1v) is 12.5. The van der Waals surface area contributed by atoms with Gasteiger partial charge in [0.1, 0.15) is 22.9 Å². The summed E-state index contributed by atoms with van der Waals surface area (Å²) in [6, 6.07) is 14.3. The van der Waals surface area contributed by atoms with Crippen LogP contribution in [0.5, 0.6) is 5.75 Å². The number of piperidine rings is 2. The largest absolute Gasteiger partial charge is 0.494 e. The molecule has 1 aromatic carbocycles. The summed E-state index contributed by atoms with van der Waals surface area (Å²) in [6.45, 7) is 3.95. The van der Waals surface area contributed by atoms with Crippen molar-refractivity contribution in [3.05, 3.63) is 54.6 Å². The first-order valence-electron chi connectivity index (χ1n) is 12.5. The lowest BCUT2D eigenvalue weighted by atomic mass is 9.96. The predicted octanol–water partition coefficient (Wildman–Crippen LogP) is 5.06. The minimum Gasteiger partial charge on any atom is -0.494 e. The van der Waals surface area contributed by atoms with Crippen LogP contribution in [0.15, 0.2) is 53.2 Å². The molecule has 0 unspecified atom stereocenters. The van der Waals surface area contributed by atoms with Crippen LogP contribution in [0.4, 0.5) is 11.6 Å². The molecule has 4 aromatic rings. The molecule has 3 aromatic heterocycles. The van der Waals surface area contributed by atoms with Crippen molar-refractivity contribution in [3.8, 4) is 17.1 Å². The van der Waals surface area contributed by atoms with Crippen molar-refractivity contribution >= 4 is 22.5 Å². The fourth-order valence-electron chi connectivity index (χ4n) is 5.15. The Balaban J connectivity index is 1.11. The SMILES string of the molecule is COc1cccc2ccc(N3CCC(c4nc(-c5ccc(N6CCCCC6)nc5)no4)CC3)nc12. The average Bonchev–Trinajstić information content (AvgIpc) is 3.43. The Kier molecular flexibility index (Phi) is 5.94. The number of aromatic nitrogens is 4. The van der Waals surface area contributed by atoms with E-state index < -0.39 is 0 Å². The van der Waals surface area contributed by atoms with Gasteiger partial charge in [-0.3, -0.25) is 0 Å². The quantitative estimate of drug-likeness (QED) is 0.400. The second kappa shape index (κ2) is 9.52. The van der Waals surface area contributed by atoms with Gasteiger partial charge in [0.15, 0.2) is 0 Å². The Bertz CT molecular complexity index is 1290. The maximum Gasteiger partial charge on any atom is 0.230 e. The molecule has 2 fully saturated rings. The first-order chi connectivity index (χ1) is 17.3. The van der Waals surface area contributed by atoms with Crippen LogP contribution < -0.4 is 14.5 Å². The summed E-state index contributed by atoms with van der Waals surface area (Å²) < 4.78 is 11.2. The summed E-state index contributed by atoms with van der Waals surface area (Å²) in [7, 11) is 1.69. The number of ether oxygens (including phenoxy) is 1. The minimum atomic E-state index is 0.253. The first kappa shape index (κ1) is 21.8. The monoisotopic (exact) mass is 470 g/mol. The molecule has 0 bridgehead atoms. The van der Waals surface area contributed by atoms with Crippen LogP contribution in [0.2, 0.25) is 0 Å². The number of methoxy groups -OCH3 is 1. The highest BCUT2D eigenvalue weighted by Crippen LogP contribution is 2.32. The number of fused-ring (bicyclic) bond motifs is 1. The minimum absolute atomic E-state index is 0.253. The Labute approximate surface area is 204 Å². The van der Waals surface area contributed by atoms with Gasteiger partial charge < -0.3 is 19.1 Å². The van der Waals surface area contributed by atoms with E-state index in [2.05, 4.69) is 44.2 Å². The number of hydrogen-bond donors (Lipinski definition) is 0. The molecular weight excluding hydrogens is 440 g/mol. The third-order valence-corrected chi connectivity index (χ3v) is 7.18. The summed E-state index contributed by atoms with van der Waals surface area (Å²) >= 11 is 0. The number of anilines is 2. The van der Waals surface area contributed by atoms with Crippen LogP contribution in [0.1, 0.15) is 43.9 Å². The molecule has 0 amide bonds. The van der Waals surface area contributed by atoms with Crippen molar-refractivity contribution in [3.63, 3.8) is 0 Å². The Morgan fingerprint density at radius 1 is 0.857 bits per heavy atom. The van der Waals surface area contributed by atoms with Crippen LogP contribution in [0.25, 0.3) is 22.3 Å². The van der Waals surface area contributed by atoms with Crippen LogP contribution in [0, 0.1) is 0 Å². The number of pyridine rings is 2. The molecule has 0 saturated carbocycles. The third kappa shape index (κ3) is 4.40. The van der Waals surface area contributed by atoms with E-state index in [-0.39, 0.29) is 5.92 Å². The van der Waals surface area contributed by atoms with Gasteiger partial charge in [-0.25, -0.2) is 9.97 Å². The number of benzene rings is 1. The molecule has 6 rings (SSSR count). The molecular formula is C27H30N6O2. The fraction of sp³-hybridized carbons (Fsp3) is 0.407. The van der Waals surface area contributed by atoms with Crippen molar-refractivity contribution in [2.24, 2.45) is 0 Å². The summed E-state index contributed by atoms with van der Waals surface area (Å²) in [5, 5.41) is 5.34. The van der Waals surface area contributed by atoms with Gasteiger partial charge in [0, 0.05) is 49.2 Å². The van der Waals surface area contributed by atoms with Gasteiger partial charge in [0.25, 0.3) is 0 Å². The van der Waals surface area contributed by atoms with Crippen molar-refractivity contribution in [1.82, 2.24) is 20.1 Å². The molecule has 35 heavy (non-hydrogen) atoms. The molecule has 0 atom stereocenters.